The first-order chi connectivity index (χ1) is 8.02. The number of rotatable bonds is 5. The second kappa shape index (κ2) is 5.90. The van der Waals surface area contributed by atoms with Gasteiger partial charge >= 0.3 is 5.69 Å². The Morgan fingerprint density at radius 2 is 2.24 bits per heavy atom. The molecule has 1 aromatic heterocycles. The first-order valence-electron chi connectivity index (χ1n) is 5.20. The smallest absolute Gasteiger partial charge is 0.352 e. The molecule has 0 aliphatic rings. The monoisotopic (exact) mass is 303 g/mol. The maximum atomic E-state index is 11.1. The highest BCUT2D eigenvalue weighted by Crippen LogP contribution is 2.36. The molecule has 2 atom stereocenters. The summed E-state index contributed by atoms with van der Waals surface area (Å²) >= 11 is 3.44. The summed E-state index contributed by atoms with van der Waals surface area (Å²) in [5.74, 6) is -0.0427. The van der Waals surface area contributed by atoms with E-state index in [4.69, 9.17) is 4.74 Å². The highest BCUT2D eigenvalue weighted by Gasteiger charge is 2.30. The van der Waals surface area contributed by atoms with Gasteiger partial charge < -0.3 is 4.74 Å². The normalized spacial score (nSPS) is 14.1. The van der Waals surface area contributed by atoms with Crippen molar-refractivity contribution in [2.45, 2.75) is 31.0 Å². The first-order valence-corrected chi connectivity index (χ1v) is 6.11. The maximum absolute atomic E-state index is 11.1. The van der Waals surface area contributed by atoms with Crippen LogP contribution in [0.25, 0.3) is 0 Å². The highest BCUT2D eigenvalue weighted by molar-refractivity contribution is 9.09. The highest BCUT2D eigenvalue weighted by atomic mass is 79.9. The van der Waals surface area contributed by atoms with Gasteiger partial charge in [-0.2, -0.15) is 4.98 Å². The molecule has 2 unspecified atom stereocenters. The van der Waals surface area contributed by atoms with Crippen LogP contribution in [0, 0.1) is 10.1 Å². The number of aromatic nitrogens is 2. The minimum Gasteiger partial charge on any atom is -0.476 e. The molecule has 0 bridgehead atoms. The summed E-state index contributed by atoms with van der Waals surface area (Å²) in [7, 11) is 1.36. The Kier molecular flexibility index (Phi) is 4.80. The fourth-order valence-electron chi connectivity index (χ4n) is 1.70. The summed E-state index contributed by atoms with van der Waals surface area (Å²) in [6.07, 6.45) is 2.03. The minimum atomic E-state index is -0.494. The summed E-state index contributed by atoms with van der Waals surface area (Å²) in [4.78, 5) is 18.5. The summed E-state index contributed by atoms with van der Waals surface area (Å²) < 4.78 is 4.91. The van der Waals surface area contributed by atoms with Crippen molar-refractivity contribution in [1.82, 2.24) is 9.97 Å². The summed E-state index contributed by atoms with van der Waals surface area (Å²) in [6.45, 7) is 3.90. The van der Waals surface area contributed by atoms with Gasteiger partial charge in [-0.05, 0) is 6.42 Å². The predicted molar refractivity (Wildman–Crippen MR) is 66.7 cm³/mol. The van der Waals surface area contributed by atoms with E-state index in [9.17, 15) is 10.1 Å². The number of halogens is 1. The zero-order valence-corrected chi connectivity index (χ0v) is 11.5. The lowest BCUT2D eigenvalue weighted by Gasteiger charge is -2.17. The Balaban J connectivity index is 3.36. The van der Waals surface area contributed by atoms with Gasteiger partial charge in [-0.15, -0.1) is 0 Å². The van der Waals surface area contributed by atoms with Crippen molar-refractivity contribution in [3.8, 4) is 5.88 Å². The van der Waals surface area contributed by atoms with Crippen molar-refractivity contribution in [3.63, 3.8) is 0 Å². The largest absolute Gasteiger partial charge is 0.476 e. The van der Waals surface area contributed by atoms with E-state index in [2.05, 4.69) is 25.9 Å². The molecule has 0 fully saturated rings. The molecule has 0 aromatic carbocycles. The van der Waals surface area contributed by atoms with E-state index >= 15 is 0 Å². The number of alkyl halides is 1. The van der Waals surface area contributed by atoms with Crippen LogP contribution < -0.4 is 4.74 Å². The van der Waals surface area contributed by atoms with Crippen molar-refractivity contribution in [1.29, 1.82) is 0 Å². The maximum Gasteiger partial charge on any atom is 0.352 e. The topological polar surface area (TPSA) is 78.2 Å². The Morgan fingerprint density at radius 3 is 2.65 bits per heavy atom. The van der Waals surface area contributed by atoms with Crippen LogP contribution >= 0.6 is 15.9 Å². The molecule has 0 aliphatic carbocycles. The average molecular weight is 304 g/mol. The lowest BCUT2D eigenvalue weighted by atomic mass is 9.98. The van der Waals surface area contributed by atoms with Gasteiger partial charge in [-0.25, -0.2) is 4.98 Å². The van der Waals surface area contributed by atoms with E-state index < -0.39 is 4.92 Å². The van der Waals surface area contributed by atoms with Crippen LogP contribution in [0.3, 0.4) is 0 Å². The lowest BCUT2D eigenvalue weighted by Crippen LogP contribution is -2.13. The van der Waals surface area contributed by atoms with Gasteiger partial charge in [0.2, 0.25) is 0 Å². The van der Waals surface area contributed by atoms with Crippen molar-refractivity contribution < 1.29 is 9.66 Å². The Hall–Kier alpha value is -1.24. The van der Waals surface area contributed by atoms with Crippen molar-refractivity contribution in [2.24, 2.45) is 0 Å². The van der Waals surface area contributed by atoms with Crippen LogP contribution in [-0.4, -0.2) is 26.8 Å². The zero-order valence-electron chi connectivity index (χ0n) is 9.88. The number of ether oxygens (including phenoxy) is 1. The Labute approximate surface area is 108 Å². The molecular weight excluding hydrogens is 290 g/mol. The second-order valence-corrected chi connectivity index (χ2v) is 5.01. The van der Waals surface area contributed by atoms with Crippen molar-refractivity contribution in [2.75, 3.05) is 7.11 Å². The van der Waals surface area contributed by atoms with Gasteiger partial charge in [0, 0.05) is 10.7 Å². The number of nitrogens with zero attached hydrogens (tertiary/aromatic N) is 3. The number of nitro groups is 1. The van der Waals surface area contributed by atoms with Crippen LogP contribution in [0.1, 0.15) is 31.9 Å². The fourth-order valence-corrected chi connectivity index (χ4v) is 2.33. The predicted octanol–water partition coefficient (Wildman–Crippen LogP) is 2.67. The van der Waals surface area contributed by atoms with Crippen molar-refractivity contribution >= 4 is 21.6 Å². The van der Waals surface area contributed by atoms with E-state index in [1.165, 1.54) is 13.4 Å². The van der Waals surface area contributed by atoms with Crippen LogP contribution in [0.5, 0.6) is 5.88 Å². The molecule has 0 saturated carbocycles. The molecule has 7 heteroatoms. The quantitative estimate of drug-likeness (QED) is 0.475. The molecule has 1 rings (SSSR count). The number of hydrogen-bond donors (Lipinski definition) is 0. The van der Waals surface area contributed by atoms with Crippen LogP contribution in [0.4, 0.5) is 5.69 Å². The second-order valence-electron chi connectivity index (χ2n) is 3.57. The molecule has 17 heavy (non-hydrogen) atoms. The molecule has 94 valence electrons. The molecule has 0 spiro atoms. The van der Waals surface area contributed by atoms with E-state index in [0.29, 0.717) is 5.69 Å². The molecule has 6 nitrogen and oxygen atoms in total. The molecule has 1 aromatic rings. The average Bonchev–Trinajstić information content (AvgIpc) is 2.28. The number of methoxy groups -OCH3 is 1. The van der Waals surface area contributed by atoms with E-state index in [-0.39, 0.29) is 22.3 Å². The van der Waals surface area contributed by atoms with Gasteiger partial charge in [-0.1, -0.05) is 29.8 Å². The van der Waals surface area contributed by atoms with E-state index in [1.807, 2.05) is 13.8 Å². The standard InChI is InChI=1S/C10H14BrN3O3/c1-4-7(6(2)11)8-9(14(15)16)10(17-3)13-5-12-8/h5-7H,4H2,1-3H3. The van der Waals surface area contributed by atoms with E-state index in [0.717, 1.165) is 6.42 Å². The summed E-state index contributed by atoms with van der Waals surface area (Å²) in [6, 6.07) is 0. The number of hydrogen-bond acceptors (Lipinski definition) is 5. The molecule has 0 amide bonds. The van der Waals surface area contributed by atoms with E-state index in [1.54, 1.807) is 0 Å². The Bertz CT molecular complexity index is 412. The molecule has 1 heterocycles. The minimum absolute atomic E-state index is 0.00611. The zero-order chi connectivity index (χ0) is 13.0. The SMILES string of the molecule is CCC(c1ncnc(OC)c1[N+](=O)[O-])C(C)Br. The van der Waals surface area contributed by atoms with Crippen molar-refractivity contribution in [3.05, 3.63) is 22.1 Å². The third-order valence-corrected chi connectivity index (χ3v) is 3.18. The molecule has 0 N–H and O–H groups in total. The molecule has 0 saturated heterocycles. The lowest BCUT2D eigenvalue weighted by molar-refractivity contribution is -0.387. The third kappa shape index (κ3) is 2.91. The fraction of sp³-hybridized carbons (Fsp3) is 0.600. The Morgan fingerprint density at radius 1 is 1.59 bits per heavy atom. The van der Waals surface area contributed by atoms with Crippen LogP contribution in [0.2, 0.25) is 0 Å². The van der Waals surface area contributed by atoms with Gasteiger partial charge in [0.25, 0.3) is 5.88 Å². The molecule has 0 radical (unpaired) electrons. The third-order valence-electron chi connectivity index (χ3n) is 2.54. The van der Waals surface area contributed by atoms with Gasteiger partial charge in [0.05, 0.1) is 12.0 Å². The van der Waals surface area contributed by atoms with Gasteiger partial charge in [-0.3, -0.25) is 10.1 Å². The first kappa shape index (κ1) is 13.8. The summed E-state index contributed by atoms with van der Waals surface area (Å²) in [5, 5.41) is 11.1. The summed E-state index contributed by atoms with van der Waals surface area (Å²) in [5.41, 5.74) is 0.266. The van der Waals surface area contributed by atoms with Gasteiger partial charge in [0.1, 0.15) is 12.0 Å². The molecular formula is C10H14BrN3O3. The van der Waals surface area contributed by atoms with Crippen LogP contribution in [0.15, 0.2) is 6.33 Å². The van der Waals surface area contributed by atoms with Gasteiger partial charge in [0.15, 0.2) is 0 Å². The molecule has 0 aliphatic heterocycles. The van der Waals surface area contributed by atoms with Crippen LogP contribution in [-0.2, 0) is 0 Å².